The maximum atomic E-state index is 11.2. The highest BCUT2D eigenvalue weighted by molar-refractivity contribution is 14.1. The molecule has 13 heavy (non-hydrogen) atoms. The van der Waals surface area contributed by atoms with Crippen molar-refractivity contribution in [2.75, 3.05) is 6.54 Å². The lowest BCUT2D eigenvalue weighted by atomic mass is 9.72. The molecule has 4 heteroatoms. The summed E-state index contributed by atoms with van der Waals surface area (Å²) >= 11 is 1.64. The van der Waals surface area contributed by atoms with E-state index in [1.807, 2.05) is 0 Å². The molecule has 0 bridgehead atoms. The van der Waals surface area contributed by atoms with Crippen LogP contribution in [-0.4, -0.2) is 12.5 Å². The van der Waals surface area contributed by atoms with Crippen molar-refractivity contribution in [3.05, 3.63) is 0 Å². The quantitative estimate of drug-likeness (QED) is 0.812. The van der Waals surface area contributed by atoms with Crippen molar-refractivity contribution in [1.29, 1.82) is 0 Å². The molecule has 0 aliphatic heterocycles. The highest BCUT2D eigenvalue weighted by Gasteiger charge is 2.33. The molecule has 1 fully saturated rings. The molecule has 1 saturated carbocycles. The summed E-state index contributed by atoms with van der Waals surface area (Å²) in [5, 5.41) is 0. The number of hydrogen-bond acceptors (Lipinski definition) is 3. The van der Waals surface area contributed by atoms with E-state index in [1.165, 1.54) is 19.3 Å². The summed E-state index contributed by atoms with van der Waals surface area (Å²) in [5.74, 6) is -0.132. The van der Waals surface area contributed by atoms with Gasteiger partial charge in [-0.05, 0) is 24.8 Å². The van der Waals surface area contributed by atoms with Gasteiger partial charge in [-0.15, -0.1) is 0 Å². The number of nitrogens with two attached hydrogens (primary N) is 1. The second-order valence-corrected chi connectivity index (χ2v) is 4.33. The SMILES string of the molecule is NCC1(CC(=O)OI)CCCCC1. The Morgan fingerprint density at radius 2 is 2.00 bits per heavy atom. The second-order valence-electron chi connectivity index (χ2n) is 3.89. The van der Waals surface area contributed by atoms with Crippen LogP contribution < -0.4 is 5.73 Å². The van der Waals surface area contributed by atoms with Crippen LogP contribution in [0.4, 0.5) is 0 Å². The van der Waals surface area contributed by atoms with Crippen molar-refractivity contribution < 1.29 is 7.86 Å². The van der Waals surface area contributed by atoms with Crippen molar-refractivity contribution in [2.45, 2.75) is 38.5 Å². The van der Waals surface area contributed by atoms with Crippen molar-refractivity contribution in [3.63, 3.8) is 0 Å². The van der Waals surface area contributed by atoms with Gasteiger partial charge in [-0.2, -0.15) is 0 Å². The summed E-state index contributed by atoms with van der Waals surface area (Å²) in [4.78, 5) is 11.2. The number of carbonyl (C=O) groups is 1. The van der Waals surface area contributed by atoms with Gasteiger partial charge in [0.1, 0.15) is 0 Å². The molecule has 0 saturated heterocycles. The zero-order valence-electron chi connectivity index (χ0n) is 7.72. The van der Waals surface area contributed by atoms with E-state index in [1.54, 1.807) is 23.0 Å². The molecule has 0 atom stereocenters. The Bertz CT molecular complexity index is 178. The Balaban J connectivity index is 2.52. The first-order valence-corrected chi connectivity index (χ1v) is 5.62. The Hall–Kier alpha value is 0.160. The zero-order chi connectivity index (χ0) is 9.73. The topological polar surface area (TPSA) is 52.3 Å². The standard InChI is InChI=1S/C9H16INO2/c10-13-8(12)6-9(7-11)4-2-1-3-5-9/h1-7,11H2. The average Bonchev–Trinajstić information content (AvgIpc) is 2.19. The first kappa shape index (κ1) is 11.2. The minimum absolute atomic E-state index is 0.0422. The predicted molar refractivity (Wildman–Crippen MR) is 59.3 cm³/mol. The van der Waals surface area contributed by atoms with E-state index < -0.39 is 0 Å². The number of halogens is 1. The molecule has 1 aliphatic carbocycles. The van der Waals surface area contributed by atoms with E-state index in [-0.39, 0.29) is 11.4 Å². The molecule has 0 spiro atoms. The van der Waals surface area contributed by atoms with Crippen LogP contribution in [0.3, 0.4) is 0 Å². The number of carbonyl (C=O) groups excluding carboxylic acids is 1. The van der Waals surface area contributed by atoms with Gasteiger partial charge in [-0.25, -0.2) is 0 Å². The first-order chi connectivity index (χ1) is 6.22. The van der Waals surface area contributed by atoms with Crippen LogP contribution in [0.25, 0.3) is 0 Å². The van der Waals surface area contributed by atoms with Crippen molar-refractivity contribution in [3.8, 4) is 0 Å². The lowest BCUT2D eigenvalue weighted by Crippen LogP contribution is -2.35. The van der Waals surface area contributed by atoms with Gasteiger partial charge in [-0.1, -0.05) is 19.3 Å². The summed E-state index contributed by atoms with van der Waals surface area (Å²) in [6, 6.07) is 0. The smallest absolute Gasteiger partial charge is 0.315 e. The van der Waals surface area contributed by atoms with Crippen LogP contribution in [0.15, 0.2) is 0 Å². The first-order valence-electron chi connectivity index (χ1n) is 4.74. The third kappa shape index (κ3) is 3.09. The van der Waals surface area contributed by atoms with Gasteiger partial charge in [0.05, 0.1) is 6.42 Å². The average molecular weight is 297 g/mol. The van der Waals surface area contributed by atoms with E-state index in [2.05, 4.69) is 3.07 Å². The molecule has 3 nitrogen and oxygen atoms in total. The Labute approximate surface area is 93.1 Å². The minimum atomic E-state index is -0.132. The van der Waals surface area contributed by atoms with Crippen LogP contribution in [-0.2, 0) is 7.86 Å². The fourth-order valence-corrected chi connectivity index (χ4v) is 2.24. The molecule has 0 aromatic rings. The van der Waals surface area contributed by atoms with Crippen LogP contribution in [0, 0.1) is 5.41 Å². The van der Waals surface area contributed by atoms with Crippen LogP contribution in [0.2, 0.25) is 0 Å². The van der Waals surface area contributed by atoms with Crippen LogP contribution in [0.1, 0.15) is 38.5 Å². The van der Waals surface area contributed by atoms with E-state index in [0.717, 1.165) is 12.8 Å². The molecular formula is C9H16INO2. The van der Waals surface area contributed by atoms with Gasteiger partial charge in [0.25, 0.3) is 0 Å². The number of hydrogen-bond donors (Lipinski definition) is 1. The molecular weight excluding hydrogens is 281 g/mol. The fraction of sp³-hybridized carbons (Fsp3) is 0.889. The van der Waals surface area contributed by atoms with E-state index >= 15 is 0 Å². The number of rotatable bonds is 3. The molecule has 0 radical (unpaired) electrons. The lowest BCUT2D eigenvalue weighted by Gasteiger charge is -2.34. The maximum absolute atomic E-state index is 11.2. The predicted octanol–water partition coefficient (Wildman–Crippen LogP) is 2.18. The van der Waals surface area contributed by atoms with Gasteiger partial charge >= 0.3 is 5.97 Å². The minimum Gasteiger partial charge on any atom is -0.394 e. The third-order valence-corrected chi connectivity index (χ3v) is 3.44. The van der Waals surface area contributed by atoms with E-state index in [0.29, 0.717) is 13.0 Å². The molecule has 1 rings (SSSR count). The van der Waals surface area contributed by atoms with Gasteiger partial charge in [0.2, 0.25) is 0 Å². The van der Waals surface area contributed by atoms with Gasteiger partial charge in [0, 0.05) is 0 Å². The van der Waals surface area contributed by atoms with Gasteiger partial charge in [0.15, 0.2) is 23.0 Å². The summed E-state index contributed by atoms with van der Waals surface area (Å²) in [6.45, 7) is 0.610. The highest BCUT2D eigenvalue weighted by Crippen LogP contribution is 2.38. The molecule has 0 aromatic carbocycles. The van der Waals surface area contributed by atoms with Crippen LogP contribution in [0.5, 0.6) is 0 Å². The van der Waals surface area contributed by atoms with Crippen molar-refractivity contribution >= 4 is 29.0 Å². The zero-order valence-corrected chi connectivity index (χ0v) is 9.88. The molecule has 0 aromatic heterocycles. The normalized spacial score (nSPS) is 21.1. The second kappa shape index (κ2) is 5.14. The summed E-state index contributed by atoms with van der Waals surface area (Å²) in [7, 11) is 0. The van der Waals surface area contributed by atoms with Crippen LogP contribution >= 0.6 is 23.0 Å². The molecule has 76 valence electrons. The third-order valence-electron chi connectivity index (χ3n) is 2.95. The summed E-state index contributed by atoms with van der Waals surface area (Å²) in [5.41, 5.74) is 5.77. The Morgan fingerprint density at radius 1 is 1.38 bits per heavy atom. The van der Waals surface area contributed by atoms with E-state index in [4.69, 9.17) is 5.73 Å². The summed E-state index contributed by atoms with van der Waals surface area (Å²) in [6.07, 6.45) is 6.33. The Morgan fingerprint density at radius 3 is 2.46 bits per heavy atom. The molecule has 2 N–H and O–H groups in total. The molecule has 0 unspecified atom stereocenters. The van der Waals surface area contributed by atoms with E-state index in [9.17, 15) is 4.79 Å². The Kier molecular flexibility index (Phi) is 4.45. The molecule has 0 heterocycles. The fourth-order valence-electron chi connectivity index (χ4n) is 2.09. The monoisotopic (exact) mass is 297 g/mol. The maximum Gasteiger partial charge on any atom is 0.315 e. The summed E-state index contributed by atoms with van der Waals surface area (Å²) < 4.78 is 4.66. The van der Waals surface area contributed by atoms with Gasteiger partial charge < -0.3 is 8.80 Å². The lowest BCUT2D eigenvalue weighted by molar-refractivity contribution is -0.134. The molecule has 0 amide bonds. The molecule has 1 aliphatic rings. The van der Waals surface area contributed by atoms with Crippen molar-refractivity contribution in [2.24, 2.45) is 11.1 Å². The van der Waals surface area contributed by atoms with Crippen molar-refractivity contribution in [1.82, 2.24) is 0 Å². The van der Waals surface area contributed by atoms with Gasteiger partial charge in [-0.3, -0.25) is 4.79 Å². The largest absolute Gasteiger partial charge is 0.394 e. The highest BCUT2D eigenvalue weighted by atomic mass is 127.